The number of benzene rings is 1. The molecular weight excluding hydrogens is 444 g/mol. The highest BCUT2D eigenvalue weighted by Gasteiger charge is 2.36. The zero-order valence-electron chi connectivity index (χ0n) is 22.5. The summed E-state index contributed by atoms with van der Waals surface area (Å²) in [6.07, 6.45) is 1.29. The van der Waals surface area contributed by atoms with Crippen LogP contribution in [0.4, 0.5) is 4.79 Å². The summed E-state index contributed by atoms with van der Waals surface area (Å²) in [5.74, 6) is -0.798. The van der Waals surface area contributed by atoms with Crippen LogP contribution in [-0.4, -0.2) is 47.0 Å². The van der Waals surface area contributed by atoms with E-state index < -0.39 is 29.7 Å². The maximum Gasteiger partial charge on any atom is 0.408 e. The molecule has 0 aliphatic heterocycles. The predicted octanol–water partition coefficient (Wildman–Crippen LogP) is 4.63. The van der Waals surface area contributed by atoms with Crippen molar-refractivity contribution < 1.29 is 19.1 Å². The summed E-state index contributed by atoms with van der Waals surface area (Å²) in [6.45, 7) is 14.7. The maximum atomic E-state index is 13.8. The quantitative estimate of drug-likeness (QED) is 0.443. The van der Waals surface area contributed by atoms with Crippen molar-refractivity contribution >= 4 is 17.9 Å². The van der Waals surface area contributed by atoms with Gasteiger partial charge in [0.15, 0.2) is 0 Å². The summed E-state index contributed by atoms with van der Waals surface area (Å²) in [5.41, 5.74) is 0.873. The van der Waals surface area contributed by atoms with Crippen LogP contribution in [-0.2, 0) is 14.3 Å². The third-order valence-corrected chi connectivity index (χ3v) is 5.28. The lowest BCUT2D eigenvalue weighted by Gasteiger charge is -2.34. The van der Waals surface area contributed by atoms with Crippen molar-refractivity contribution in [2.75, 3.05) is 6.54 Å². The molecule has 35 heavy (non-hydrogen) atoms. The van der Waals surface area contributed by atoms with Crippen LogP contribution >= 0.6 is 0 Å². The second-order valence-electron chi connectivity index (χ2n) is 10.5. The Hall–Kier alpha value is -3.08. The van der Waals surface area contributed by atoms with E-state index in [4.69, 9.17) is 4.74 Å². The minimum absolute atomic E-state index is 0.0686. The molecule has 0 aromatic heterocycles. The third-order valence-electron chi connectivity index (χ3n) is 5.28. The second-order valence-corrected chi connectivity index (χ2v) is 10.5. The lowest BCUT2D eigenvalue weighted by atomic mass is 9.98. The number of alkyl carbamates (subject to hydrolysis) is 1. The maximum absolute atomic E-state index is 13.8. The highest BCUT2D eigenvalue weighted by atomic mass is 16.6. The normalized spacial score (nSPS) is 13.8. The average Bonchev–Trinajstić information content (AvgIpc) is 2.72. The molecule has 1 aromatic rings. The first-order valence-corrected chi connectivity index (χ1v) is 12.3. The molecule has 8 nitrogen and oxygen atoms in total. The molecule has 0 radical (unpaired) electrons. The van der Waals surface area contributed by atoms with Crippen molar-refractivity contribution in [2.24, 2.45) is 5.92 Å². The average molecular weight is 487 g/mol. The lowest BCUT2D eigenvalue weighted by molar-refractivity contribution is -0.142. The fraction of sp³-hybridized carbons (Fsp3) is 0.630. The number of nitrogens with one attached hydrogen (secondary N) is 2. The first-order valence-electron chi connectivity index (χ1n) is 12.3. The Bertz CT molecular complexity index is 884. The Morgan fingerprint density at radius 3 is 2.17 bits per heavy atom. The Kier molecular flexibility index (Phi) is 11.7. The van der Waals surface area contributed by atoms with Gasteiger partial charge in [-0.05, 0) is 58.9 Å². The molecule has 0 aliphatic rings. The standard InChI is InChI=1S/C27H42N4O4/c1-9-10-20(5)29-24(32)23(21-13-11-19(4)12-14-21)31(16-15-28)25(33)22(17-18(2)3)30-26(34)35-27(6,7)8/h11-14,18,20,22-23H,9-10,16-17H2,1-8H3,(H,29,32)(H,30,34). The number of rotatable bonds is 11. The number of hydrogen-bond donors (Lipinski definition) is 2. The van der Waals surface area contributed by atoms with Crippen LogP contribution in [0.3, 0.4) is 0 Å². The molecule has 0 heterocycles. The Labute approximate surface area is 210 Å². The van der Waals surface area contributed by atoms with Crippen molar-refractivity contribution in [3.05, 3.63) is 35.4 Å². The van der Waals surface area contributed by atoms with Crippen molar-refractivity contribution in [1.82, 2.24) is 15.5 Å². The van der Waals surface area contributed by atoms with E-state index >= 15 is 0 Å². The van der Waals surface area contributed by atoms with E-state index in [0.29, 0.717) is 12.0 Å². The second kappa shape index (κ2) is 13.7. The number of hydrogen-bond acceptors (Lipinski definition) is 5. The molecule has 0 saturated carbocycles. The smallest absolute Gasteiger partial charge is 0.408 e. The largest absolute Gasteiger partial charge is 0.444 e. The van der Waals surface area contributed by atoms with Crippen LogP contribution in [0, 0.1) is 24.2 Å². The van der Waals surface area contributed by atoms with Crippen LogP contribution in [0.25, 0.3) is 0 Å². The van der Waals surface area contributed by atoms with Gasteiger partial charge in [-0.15, -0.1) is 0 Å². The SMILES string of the molecule is CCCC(C)NC(=O)C(c1ccc(C)cc1)N(CC#N)C(=O)C(CC(C)C)NC(=O)OC(C)(C)C. The minimum atomic E-state index is -1.02. The Balaban J connectivity index is 3.42. The number of amides is 3. The van der Waals surface area contributed by atoms with Crippen molar-refractivity contribution in [3.8, 4) is 6.07 Å². The molecule has 8 heteroatoms. The van der Waals surface area contributed by atoms with E-state index in [1.807, 2.05) is 52.8 Å². The zero-order chi connectivity index (χ0) is 26.8. The number of carbonyl (C=O) groups is 3. The Morgan fingerprint density at radius 1 is 1.09 bits per heavy atom. The first-order chi connectivity index (χ1) is 16.3. The topological polar surface area (TPSA) is 112 Å². The molecule has 0 saturated heterocycles. The van der Waals surface area contributed by atoms with Gasteiger partial charge in [0.1, 0.15) is 24.2 Å². The summed E-state index contributed by atoms with van der Waals surface area (Å²) in [6, 6.07) is 7.28. The van der Waals surface area contributed by atoms with Gasteiger partial charge in [0.25, 0.3) is 0 Å². The highest BCUT2D eigenvalue weighted by Crippen LogP contribution is 2.24. The molecule has 1 aromatic carbocycles. The van der Waals surface area contributed by atoms with Gasteiger partial charge in [0, 0.05) is 6.04 Å². The number of nitriles is 1. The summed E-state index contributed by atoms with van der Waals surface area (Å²) in [4.78, 5) is 41.0. The predicted molar refractivity (Wildman–Crippen MR) is 136 cm³/mol. The molecule has 194 valence electrons. The Morgan fingerprint density at radius 2 is 1.69 bits per heavy atom. The van der Waals surface area contributed by atoms with Crippen molar-refractivity contribution in [1.29, 1.82) is 5.26 Å². The van der Waals surface area contributed by atoms with Gasteiger partial charge in [-0.1, -0.05) is 57.0 Å². The van der Waals surface area contributed by atoms with Gasteiger partial charge in [-0.2, -0.15) is 5.26 Å². The summed E-state index contributed by atoms with van der Waals surface area (Å²) in [7, 11) is 0. The van der Waals surface area contributed by atoms with E-state index in [-0.39, 0.29) is 24.4 Å². The summed E-state index contributed by atoms with van der Waals surface area (Å²) < 4.78 is 5.36. The molecule has 3 amide bonds. The molecule has 0 spiro atoms. The van der Waals surface area contributed by atoms with Crippen LogP contribution < -0.4 is 10.6 Å². The van der Waals surface area contributed by atoms with Crippen molar-refractivity contribution in [3.63, 3.8) is 0 Å². The number of carbonyl (C=O) groups excluding carboxylic acids is 3. The molecular formula is C27H42N4O4. The molecule has 2 N–H and O–H groups in total. The van der Waals surface area contributed by atoms with Crippen LogP contribution in [0.1, 0.15) is 84.9 Å². The van der Waals surface area contributed by atoms with E-state index in [0.717, 1.165) is 18.4 Å². The molecule has 3 atom stereocenters. The number of ether oxygens (including phenoxy) is 1. The van der Waals surface area contributed by atoms with Gasteiger partial charge in [0.05, 0.1) is 6.07 Å². The third kappa shape index (κ3) is 10.4. The summed E-state index contributed by atoms with van der Waals surface area (Å²) in [5, 5.41) is 15.2. The summed E-state index contributed by atoms with van der Waals surface area (Å²) >= 11 is 0. The molecule has 0 bridgehead atoms. The number of nitrogens with zero attached hydrogens (tertiary/aromatic N) is 2. The van der Waals surface area contributed by atoms with Gasteiger partial charge >= 0.3 is 6.09 Å². The fourth-order valence-electron chi connectivity index (χ4n) is 3.76. The molecule has 0 aliphatic carbocycles. The van der Waals surface area contributed by atoms with E-state index in [9.17, 15) is 19.6 Å². The molecule has 1 rings (SSSR count). The number of aryl methyl sites for hydroxylation is 1. The van der Waals surface area contributed by atoms with Gasteiger partial charge in [-0.25, -0.2) is 4.79 Å². The first kappa shape index (κ1) is 30.0. The zero-order valence-corrected chi connectivity index (χ0v) is 22.5. The van der Waals surface area contributed by atoms with Gasteiger partial charge in [0.2, 0.25) is 11.8 Å². The minimum Gasteiger partial charge on any atom is -0.444 e. The van der Waals surface area contributed by atoms with Crippen LogP contribution in [0.2, 0.25) is 0 Å². The fourth-order valence-corrected chi connectivity index (χ4v) is 3.76. The monoisotopic (exact) mass is 486 g/mol. The molecule has 0 fully saturated rings. The van der Waals surface area contributed by atoms with E-state index in [1.54, 1.807) is 32.9 Å². The van der Waals surface area contributed by atoms with Gasteiger partial charge in [-0.3, -0.25) is 9.59 Å². The lowest BCUT2D eigenvalue weighted by Crippen LogP contribution is -2.54. The van der Waals surface area contributed by atoms with E-state index in [2.05, 4.69) is 10.6 Å². The van der Waals surface area contributed by atoms with E-state index in [1.165, 1.54) is 4.90 Å². The highest BCUT2D eigenvalue weighted by molar-refractivity contribution is 5.92. The van der Waals surface area contributed by atoms with Gasteiger partial charge < -0.3 is 20.3 Å². The molecule has 3 unspecified atom stereocenters. The van der Waals surface area contributed by atoms with Crippen molar-refractivity contribution in [2.45, 2.75) is 98.4 Å². The van der Waals surface area contributed by atoms with Crippen LogP contribution in [0.5, 0.6) is 0 Å². The van der Waals surface area contributed by atoms with Crippen LogP contribution in [0.15, 0.2) is 24.3 Å².